The summed E-state index contributed by atoms with van der Waals surface area (Å²) >= 11 is 0. The number of hydrogen-bond acceptors (Lipinski definition) is 8. The Hall–Kier alpha value is -2.94. The molecule has 1 rings (SSSR count). The first-order chi connectivity index (χ1) is 18.3. The molecule has 1 aromatic carbocycles. The second-order valence-electron chi connectivity index (χ2n) is 10.7. The van der Waals surface area contributed by atoms with E-state index in [0.29, 0.717) is 12.0 Å². The summed E-state index contributed by atoms with van der Waals surface area (Å²) in [6.45, 7) is 13.3. The van der Waals surface area contributed by atoms with E-state index in [0.717, 1.165) is 19.3 Å². The number of carbonyl (C=O) groups is 4. The van der Waals surface area contributed by atoms with Gasteiger partial charge >= 0.3 is 23.9 Å². The van der Waals surface area contributed by atoms with Crippen molar-refractivity contribution in [1.29, 1.82) is 0 Å². The van der Waals surface area contributed by atoms with Crippen molar-refractivity contribution in [3.8, 4) is 11.5 Å². The maximum Gasteiger partial charge on any atom is 0.321 e. The molecule has 0 amide bonds. The number of hydrogen-bond donors (Lipinski definition) is 2. The van der Waals surface area contributed by atoms with E-state index in [1.807, 2.05) is 34.6 Å². The Morgan fingerprint density at radius 2 is 1.41 bits per heavy atom. The van der Waals surface area contributed by atoms with Crippen LogP contribution in [0.3, 0.4) is 0 Å². The zero-order chi connectivity index (χ0) is 29.7. The summed E-state index contributed by atoms with van der Waals surface area (Å²) in [6.07, 6.45) is 3.00. The van der Waals surface area contributed by atoms with Crippen molar-refractivity contribution < 1.29 is 38.5 Å². The average Bonchev–Trinajstić information content (AvgIpc) is 2.87. The zero-order valence-corrected chi connectivity index (χ0v) is 24.5. The first-order valence-electron chi connectivity index (χ1n) is 14.1. The minimum absolute atomic E-state index is 0.0158. The SMILES string of the molecule is CCCC(C)C(=O)OC(C)CC(c1ccc(OC(=O)CC(C)CC)c(OC(=O)CC(C)CC)c1)[C@H](N)C(=O)O. The second-order valence-corrected chi connectivity index (χ2v) is 10.7. The van der Waals surface area contributed by atoms with Gasteiger partial charge in [0, 0.05) is 18.8 Å². The number of esters is 3. The van der Waals surface area contributed by atoms with E-state index in [4.69, 9.17) is 19.9 Å². The summed E-state index contributed by atoms with van der Waals surface area (Å²) in [4.78, 5) is 49.5. The van der Waals surface area contributed by atoms with E-state index >= 15 is 0 Å². The second kappa shape index (κ2) is 16.9. The van der Waals surface area contributed by atoms with Gasteiger partial charge in [0.25, 0.3) is 0 Å². The Kier molecular flexibility index (Phi) is 14.8. The van der Waals surface area contributed by atoms with Gasteiger partial charge in [-0.2, -0.15) is 0 Å². The van der Waals surface area contributed by atoms with E-state index < -0.39 is 36.0 Å². The van der Waals surface area contributed by atoms with Crippen LogP contribution in [0.25, 0.3) is 0 Å². The van der Waals surface area contributed by atoms with E-state index in [9.17, 15) is 24.3 Å². The van der Waals surface area contributed by atoms with E-state index in [2.05, 4.69) is 0 Å². The molecule has 6 atom stereocenters. The molecular formula is C30H47NO8. The predicted molar refractivity (Wildman–Crippen MR) is 148 cm³/mol. The third kappa shape index (κ3) is 11.8. The lowest BCUT2D eigenvalue weighted by Gasteiger charge is -2.26. The summed E-state index contributed by atoms with van der Waals surface area (Å²) in [5, 5.41) is 9.70. The van der Waals surface area contributed by atoms with Gasteiger partial charge in [0.2, 0.25) is 0 Å². The zero-order valence-electron chi connectivity index (χ0n) is 24.5. The quantitative estimate of drug-likeness (QED) is 0.187. The molecule has 5 unspecified atom stereocenters. The molecule has 0 aliphatic carbocycles. The third-order valence-electron chi connectivity index (χ3n) is 7.01. The van der Waals surface area contributed by atoms with Crippen molar-refractivity contribution in [2.24, 2.45) is 23.5 Å². The minimum Gasteiger partial charge on any atom is -0.480 e. The van der Waals surface area contributed by atoms with Crippen LogP contribution in [0.1, 0.15) is 105 Å². The summed E-state index contributed by atoms with van der Waals surface area (Å²) in [7, 11) is 0. The standard InChI is InChI=1S/C30H47NO8/c1-8-11-20(6)30(36)37-21(7)16-23(28(31)29(34)35)22-12-13-24(38-26(32)14-18(4)9-2)25(17-22)39-27(33)15-19(5)10-3/h12-13,17-21,23,28H,8-11,14-16,31H2,1-7H3,(H,34,35)/t18?,19?,20?,21?,23?,28-/m0/s1. The Labute approximate surface area is 232 Å². The molecule has 39 heavy (non-hydrogen) atoms. The highest BCUT2D eigenvalue weighted by molar-refractivity contribution is 5.77. The topological polar surface area (TPSA) is 142 Å². The number of carbonyl (C=O) groups excluding carboxylic acids is 3. The molecule has 0 spiro atoms. The van der Waals surface area contributed by atoms with E-state index in [1.54, 1.807) is 19.9 Å². The van der Waals surface area contributed by atoms with Crippen LogP contribution in [0.2, 0.25) is 0 Å². The largest absolute Gasteiger partial charge is 0.480 e. The molecule has 0 radical (unpaired) electrons. The fraction of sp³-hybridized carbons (Fsp3) is 0.667. The molecule has 0 aliphatic heterocycles. The van der Waals surface area contributed by atoms with Crippen LogP contribution < -0.4 is 15.2 Å². The van der Waals surface area contributed by atoms with Crippen LogP contribution in [0.15, 0.2) is 18.2 Å². The maximum absolute atomic E-state index is 12.6. The van der Waals surface area contributed by atoms with Gasteiger partial charge in [0.1, 0.15) is 6.04 Å². The highest BCUT2D eigenvalue weighted by atomic mass is 16.6. The number of benzene rings is 1. The summed E-state index contributed by atoms with van der Waals surface area (Å²) in [5.41, 5.74) is 6.53. The van der Waals surface area contributed by atoms with Crippen LogP contribution >= 0.6 is 0 Å². The Morgan fingerprint density at radius 3 is 1.90 bits per heavy atom. The van der Waals surface area contributed by atoms with Crippen LogP contribution in [0.4, 0.5) is 0 Å². The van der Waals surface area contributed by atoms with Crippen LogP contribution in [-0.2, 0) is 23.9 Å². The Bertz CT molecular complexity index is 962. The average molecular weight is 550 g/mol. The van der Waals surface area contributed by atoms with Crippen molar-refractivity contribution in [1.82, 2.24) is 0 Å². The first-order valence-corrected chi connectivity index (χ1v) is 14.1. The summed E-state index contributed by atoms with van der Waals surface area (Å²) < 4.78 is 16.7. The van der Waals surface area contributed by atoms with Crippen LogP contribution in [0.5, 0.6) is 11.5 Å². The van der Waals surface area contributed by atoms with Crippen LogP contribution in [-0.4, -0.2) is 41.1 Å². The van der Waals surface area contributed by atoms with Crippen molar-refractivity contribution in [3.05, 3.63) is 23.8 Å². The molecule has 0 fully saturated rings. The van der Waals surface area contributed by atoms with Gasteiger partial charge in [-0.1, -0.05) is 66.9 Å². The molecule has 0 saturated heterocycles. The molecule has 0 saturated carbocycles. The van der Waals surface area contributed by atoms with Gasteiger partial charge < -0.3 is 25.1 Å². The molecule has 0 bridgehead atoms. The molecule has 9 nitrogen and oxygen atoms in total. The van der Waals surface area contributed by atoms with Gasteiger partial charge in [-0.3, -0.25) is 19.2 Å². The monoisotopic (exact) mass is 549 g/mol. The summed E-state index contributed by atoms with van der Waals surface area (Å²) in [5.74, 6) is -3.28. The number of carboxylic acids is 1. The lowest BCUT2D eigenvalue weighted by atomic mass is 9.87. The molecular weight excluding hydrogens is 502 g/mol. The number of aliphatic carboxylic acids is 1. The van der Waals surface area contributed by atoms with E-state index in [-0.39, 0.29) is 54.5 Å². The van der Waals surface area contributed by atoms with Gasteiger partial charge in [-0.25, -0.2) is 0 Å². The molecule has 0 aliphatic rings. The molecule has 1 aromatic rings. The Morgan fingerprint density at radius 1 is 0.872 bits per heavy atom. The molecule has 9 heteroatoms. The number of rotatable bonds is 17. The molecule has 0 heterocycles. The van der Waals surface area contributed by atoms with E-state index in [1.165, 1.54) is 12.1 Å². The highest BCUT2D eigenvalue weighted by Gasteiger charge is 2.31. The third-order valence-corrected chi connectivity index (χ3v) is 7.01. The predicted octanol–water partition coefficient (Wildman–Crippen LogP) is 5.62. The number of ether oxygens (including phenoxy) is 3. The van der Waals surface area contributed by atoms with Crippen molar-refractivity contribution in [2.45, 2.75) is 111 Å². The van der Waals surface area contributed by atoms with Gasteiger partial charge in [-0.05, 0) is 49.3 Å². The minimum atomic E-state index is -1.32. The molecule has 3 N–H and O–H groups in total. The van der Waals surface area contributed by atoms with Gasteiger partial charge in [-0.15, -0.1) is 0 Å². The molecule has 0 aromatic heterocycles. The number of nitrogens with two attached hydrogens (primary N) is 1. The fourth-order valence-electron chi connectivity index (χ4n) is 4.04. The van der Waals surface area contributed by atoms with Gasteiger partial charge in [0.05, 0.1) is 12.0 Å². The normalized spacial score (nSPS) is 15.8. The van der Waals surface area contributed by atoms with Gasteiger partial charge in [0.15, 0.2) is 11.5 Å². The number of carboxylic acid groups (broad SMARTS) is 1. The lowest BCUT2D eigenvalue weighted by molar-refractivity contribution is -0.153. The Balaban J connectivity index is 3.34. The maximum atomic E-state index is 12.6. The lowest BCUT2D eigenvalue weighted by Crippen LogP contribution is -2.38. The van der Waals surface area contributed by atoms with Crippen molar-refractivity contribution in [2.75, 3.05) is 0 Å². The molecule has 220 valence electrons. The summed E-state index contributed by atoms with van der Waals surface area (Å²) in [6, 6.07) is 3.25. The fourth-order valence-corrected chi connectivity index (χ4v) is 4.04. The van der Waals surface area contributed by atoms with Crippen molar-refractivity contribution in [3.63, 3.8) is 0 Å². The first kappa shape index (κ1) is 34.1. The highest BCUT2D eigenvalue weighted by Crippen LogP contribution is 2.35. The smallest absolute Gasteiger partial charge is 0.321 e. The van der Waals surface area contributed by atoms with Crippen LogP contribution in [0, 0.1) is 17.8 Å². The van der Waals surface area contributed by atoms with Crippen molar-refractivity contribution >= 4 is 23.9 Å².